The number of aliphatic carboxylic acids is 1. The van der Waals surface area contributed by atoms with Crippen LogP contribution in [0.3, 0.4) is 0 Å². The highest BCUT2D eigenvalue weighted by molar-refractivity contribution is 7.15. The SMILES string of the molecule is O=C(O)CN(Cc1cc(=O)n2ccsc2n1)C1CC1. The zero-order valence-electron chi connectivity index (χ0n) is 10.2. The molecule has 7 heteroatoms. The number of hydrogen-bond donors (Lipinski definition) is 1. The summed E-state index contributed by atoms with van der Waals surface area (Å²) in [6.07, 6.45) is 3.73. The maximum Gasteiger partial charge on any atom is 0.317 e. The van der Waals surface area contributed by atoms with Gasteiger partial charge in [-0.05, 0) is 12.8 Å². The number of carbonyl (C=O) groups is 1. The third-order valence-corrected chi connectivity index (χ3v) is 3.88. The minimum absolute atomic E-state index is 0.00381. The molecule has 2 aromatic heterocycles. The number of fused-ring (bicyclic) bond motifs is 1. The van der Waals surface area contributed by atoms with Gasteiger partial charge in [0.25, 0.3) is 5.56 Å². The quantitative estimate of drug-likeness (QED) is 0.876. The summed E-state index contributed by atoms with van der Waals surface area (Å²) >= 11 is 1.40. The van der Waals surface area contributed by atoms with Crippen molar-refractivity contribution in [2.45, 2.75) is 25.4 Å². The normalized spacial score (nSPS) is 15.2. The molecule has 0 aliphatic heterocycles. The van der Waals surface area contributed by atoms with Gasteiger partial charge >= 0.3 is 5.97 Å². The van der Waals surface area contributed by atoms with Crippen LogP contribution >= 0.6 is 11.3 Å². The number of nitrogens with zero attached hydrogens (tertiary/aromatic N) is 3. The molecular formula is C12H13N3O3S. The number of hydrogen-bond acceptors (Lipinski definition) is 5. The first-order valence-corrected chi connectivity index (χ1v) is 6.93. The van der Waals surface area contributed by atoms with E-state index in [9.17, 15) is 9.59 Å². The molecule has 2 heterocycles. The van der Waals surface area contributed by atoms with Gasteiger partial charge in [0.1, 0.15) is 0 Å². The fraction of sp³-hybridized carbons (Fsp3) is 0.417. The van der Waals surface area contributed by atoms with Gasteiger partial charge in [-0.1, -0.05) is 0 Å². The summed E-state index contributed by atoms with van der Waals surface area (Å²) in [5.74, 6) is -0.846. The van der Waals surface area contributed by atoms with E-state index in [1.807, 2.05) is 10.3 Å². The molecular weight excluding hydrogens is 266 g/mol. The van der Waals surface area contributed by atoms with Crippen molar-refractivity contribution in [3.05, 3.63) is 33.7 Å². The van der Waals surface area contributed by atoms with E-state index >= 15 is 0 Å². The van der Waals surface area contributed by atoms with Crippen molar-refractivity contribution in [2.75, 3.05) is 6.54 Å². The van der Waals surface area contributed by atoms with E-state index < -0.39 is 5.97 Å². The van der Waals surface area contributed by atoms with Crippen LogP contribution in [-0.2, 0) is 11.3 Å². The van der Waals surface area contributed by atoms with Crippen LogP contribution in [-0.4, -0.2) is 37.9 Å². The number of rotatable bonds is 5. The fourth-order valence-electron chi connectivity index (χ4n) is 2.10. The van der Waals surface area contributed by atoms with Crippen molar-refractivity contribution in [1.82, 2.24) is 14.3 Å². The van der Waals surface area contributed by atoms with E-state index in [4.69, 9.17) is 5.11 Å². The van der Waals surface area contributed by atoms with Crippen molar-refractivity contribution < 1.29 is 9.90 Å². The second-order valence-corrected chi connectivity index (χ2v) is 5.54. The second-order valence-electron chi connectivity index (χ2n) is 4.67. The van der Waals surface area contributed by atoms with Crippen molar-refractivity contribution in [2.24, 2.45) is 0 Å². The average Bonchev–Trinajstić information content (AvgIpc) is 3.07. The number of carboxylic acid groups (broad SMARTS) is 1. The second kappa shape index (κ2) is 4.75. The summed E-state index contributed by atoms with van der Waals surface area (Å²) in [4.78, 5) is 29.6. The minimum Gasteiger partial charge on any atom is -0.480 e. The van der Waals surface area contributed by atoms with Crippen molar-refractivity contribution in [1.29, 1.82) is 0 Å². The lowest BCUT2D eigenvalue weighted by Crippen LogP contribution is -2.32. The highest BCUT2D eigenvalue weighted by atomic mass is 32.1. The van der Waals surface area contributed by atoms with Gasteiger partial charge in [-0.15, -0.1) is 11.3 Å². The predicted octanol–water partition coefficient (Wildman–Crippen LogP) is 0.805. The Hall–Kier alpha value is -1.73. The molecule has 2 aromatic rings. The van der Waals surface area contributed by atoms with Crippen LogP contribution in [0.15, 0.2) is 22.4 Å². The Morgan fingerprint density at radius 1 is 1.58 bits per heavy atom. The standard InChI is InChI=1S/C12H13N3O3S/c16-10-5-8(13-12-15(10)3-4-19-12)6-14(7-11(17)18)9-1-2-9/h3-5,9H,1-2,6-7H2,(H,17,18). The molecule has 0 amide bonds. The molecule has 6 nitrogen and oxygen atoms in total. The number of aromatic nitrogens is 2. The van der Waals surface area contributed by atoms with Crippen LogP contribution < -0.4 is 5.56 Å². The molecule has 1 aliphatic rings. The van der Waals surface area contributed by atoms with E-state index in [1.54, 1.807) is 6.20 Å². The molecule has 0 aromatic carbocycles. The molecule has 0 atom stereocenters. The summed E-state index contributed by atoms with van der Waals surface area (Å²) in [5, 5.41) is 10.7. The van der Waals surface area contributed by atoms with Gasteiger partial charge < -0.3 is 5.11 Å². The molecule has 0 radical (unpaired) electrons. The summed E-state index contributed by atoms with van der Waals surface area (Å²) in [7, 11) is 0. The maximum absolute atomic E-state index is 11.8. The monoisotopic (exact) mass is 279 g/mol. The van der Waals surface area contributed by atoms with E-state index in [0.717, 1.165) is 12.8 Å². The Kier molecular flexibility index (Phi) is 3.08. The van der Waals surface area contributed by atoms with Crippen LogP contribution in [0.2, 0.25) is 0 Å². The molecule has 1 aliphatic carbocycles. The van der Waals surface area contributed by atoms with E-state index in [1.165, 1.54) is 21.8 Å². The molecule has 100 valence electrons. The van der Waals surface area contributed by atoms with E-state index in [0.29, 0.717) is 23.2 Å². The van der Waals surface area contributed by atoms with Crippen LogP contribution in [0.25, 0.3) is 4.96 Å². The Labute approximate surface area is 112 Å². The van der Waals surface area contributed by atoms with Crippen LogP contribution in [0.5, 0.6) is 0 Å². The Morgan fingerprint density at radius 3 is 3.05 bits per heavy atom. The zero-order valence-corrected chi connectivity index (χ0v) is 11.0. The lowest BCUT2D eigenvalue weighted by atomic mass is 10.3. The van der Waals surface area contributed by atoms with Crippen molar-refractivity contribution in [3.63, 3.8) is 0 Å². The molecule has 0 bridgehead atoms. The Bertz CT molecular complexity index is 674. The van der Waals surface area contributed by atoms with Gasteiger partial charge in [0.05, 0.1) is 12.2 Å². The maximum atomic E-state index is 11.8. The van der Waals surface area contributed by atoms with Gasteiger partial charge in [-0.3, -0.25) is 18.9 Å². The van der Waals surface area contributed by atoms with Crippen molar-refractivity contribution >= 4 is 22.3 Å². The highest BCUT2D eigenvalue weighted by Gasteiger charge is 2.30. The van der Waals surface area contributed by atoms with Gasteiger partial charge in [0.15, 0.2) is 4.96 Å². The molecule has 3 rings (SSSR count). The zero-order chi connectivity index (χ0) is 13.4. The first-order valence-electron chi connectivity index (χ1n) is 6.05. The summed E-state index contributed by atoms with van der Waals surface area (Å²) in [6.45, 7) is 0.413. The molecule has 0 unspecified atom stereocenters. The largest absolute Gasteiger partial charge is 0.480 e. The first-order chi connectivity index (χ1) is 9.13. The van der Waals surface area contributed by atoms with Gasteiger partial charge in [0, 0.05) is 30.2 Å². The summed E-state index contributed by atoms with van der Waals surface area (Å²) in [5.41, 5.74) is 0.521. The molecule has 1 N–H and O–H groups in total. The molecule has 0 saturated heterocycles. The average molecular weight is 279 g/mol. The molecule has 19 heavy (non-hydrogen) atoms. The smallest absolute Gasteiger partial charge is 0.317 e. The lowest BCUT2D eigenvalue weighted by Gasteiger charge is -2.18. The van der Waals surface area contributed by atoms with E-state index in [-0.39, 0.29) is 12.1 Å². The van der Waals surface area contributed by atoms with E-state index in [2.05, 4.69) is 4.98 Å². The Morgan fingerprint density at radius 2 is 2.37 bits per heavy atom. The minimum atomic E-state index is -0.846. The molecule has 1 saturated carbocycles. The van der Waals surface area contributed by atoms with Crippen molar-refractivity contribution in [3.8, 4) is 0 Å². The topological polar surface area (TPSA) is 74.9 Å². The lowest BCUT2D eigenvalue weighted by molar-refractivity contribution is -0.138. The summed E-state index contributed by atoms with van der Waals surface area (Å²) in [6, 6.07) is 1.80. The Balaban J connectivity index is 1.86. The fourth-order valence-corrected chi connectivity index (χ4v) is 2.84. The first kappa shape index (κ1) is 12.3. The molecule has 1 fully saturated rings. The third kappa shape index (κ3) is 2.66. The van der Waals surface area contributed by atoms with Gasteiger partial charge in [-0.2, -0.15) is 0 Å². The third-order valence-electron chi connectivity index (χ3n) is 3.12. The van der Waals surface area contributed by atoms with Crippen LogP contribution in [0.1, 0.15) is 18.5 Å². The predicted molar refractivity (Wildman–Crippen MR) is 70.4 cm³/mol. The number of carboxylic acids is 1. The van der Waals surface area contributed by atoms with Crippen LogP contribution in [0, 0.1) is 0 Å². The van der Waals surface area contributed by atoms with Gasteiger partial charge in [-0.25, -0.2) is 4.98 Å². The van der Waals surface area contributed by atoms with Gasteiger partial charge in [0.2, 0.25) is 0 Å². The summed E-state index contributed by atoms with van der Waals surface area (Å²) < 4.78 is 1.49. The number of thiazole rings is 1. The highest BCUT2D eigenvalue weighted by Crippen LogP contribution is 2.27. The van der Waals surface area contributed by atoms with Crippen LogP contribution in [0.4, 0.5) is 0 Å². The molecule has 0 spiro atoms.